The first kappa shape index (κ1) is 18.0. The van der Waals surface area contributed by atoms with Crippen LogP contribution in [-0.2, 0) is 6.54 Å². The molecule has 27 heavy (non-hydrogen) atoms. The summed E-state index contributed by atoms with van der Waals surface area (Å²) in [4.78, 5) is 17.1. The monoisotopic (exact) mass is 388 g/mol. The van der Waals surface area contributed by atoms with E-state index < -0.39 is 0 Å². The van der Waals surface area contributed by atoms with Crippen LogP contribution in [0, 0.1) is 20.8 Å². The van der Waals surface area contributed by atoms with Gasteiger partial charge in [0.05, 0.1) is 0 Å². The zero-order chi connectivity index (χ0) is 19.1. The molecule has 4 rings (SSSR count). The Kier molecular flexibility index (Phi) is 4.65. The van der Waals surface area contributed by atoms with Crippen LogP contribution in [0.3, 0.4) is 0 Å². The van der Waals surface area contributed by atoms with E-state index in [0.717, 1.165) is 41.0 Å². The minimum Gasteiger partial charge on any atom is -0.451 e. The highest BCUT2D eigenvalue weighted by molar-refractivity contribution is 6.32. The van der Waals surface area contributed by atoms with Crippen LogP contribution < -0.4 is 0 Å². The van der Waals surface area contributed by atoms with Gasteiger partial charge in [0.15, 0.2) is 5.76 Å². The third-order valence-electron chi connectivity index (χ3n) is 5.19. The quantitative estimate of drug-likeness (QED) is 0.684. The molecule has 1 saturated heterocycles. The molecule has 0 unspecified atom stereocenters. The van der Waals surface area contributed by atoms with Crippen molar-refractivity contribution in [1.82, 2.24) is 20.1 Å². The van der Waals surface area contributed by atoms with Crippen LogP contribution in [0.2, 0.25) is 5.02 Å². The van der Waals surface area contributed by atoms with Gasteiger partial charge in [-0.15, -0.1) is 0 Å². The maximum absolute atomic E-state index is 13.0. The van der Waals surface area contributed by atoms with Crippen LogP contribution in [0.15, 0.2) is 21.2 Å². The number of piperazine rings is 1. The number of carbonyl (C=O) groups is 1. The molecule has 0 saturated carbocycles. The lowest BCUT2D eigenvalue weighted by molar-refractivity contribution is 0.0596. The highest BCUT2D eigenvalue weighted by Crippen LogP contribution is 2.31. The average Bonchev–Trinajstić information content (AvgIpc) is 3.19. The molecule has 0 aliphatic carbocycles. The van der Waals surface area contributed by atoms with Gasteiger partial charge in [-0.25, -0.2) is 4.63 Å². The Labute approximate surface area is 161 Å². The average molecular weight is 389 g/mol. The summed E-state index contributed by atoms with van der Waals surface area (Å²) in [5.41, 5.74) is 4.12. The van der Waals surface area contributed by atoms with E-state index in [4.69, 9.17) is 20.6 Å². The molecule has 3 aromatic rings. The molecule has 8 heteroatoms. The lowest BCUT2D eigenvalue weighted by Gasteiger charge is -2.33. The Hall–Kier alpha value is -2.38. The van der Waals surface area contributed by atoms with E-state index in [2.05, 4.69) is 15.2 Å². The van der Waals surface area contributed by atoms with Crippen molar-refractivity contribution in [2.75, 3.05) is 26.2 Å². The van der Waals surface area contributed by atoms with E-state index in [9.17, 15) is 4.79 Å². The van der Waals surface area contributed by atoms with Crippen molar-refractivity contribution in [2.24, 2.45) is 0 Å². The first-order valence-corrected chi connectivity index (χ1v) is 9.30. The molecule has 0 spiro atoms. The Bertz CT molecular complexity index is 1000. The number of fused-ring (bicyclic) bond motifs is 1. The van der Waals surface area contributed by atoms with Crippen molar-refractivity contribution >= 4 is 28.5 Å². The Balaban J connectivity index is 1.47. The second-order valence-electron chi connectivity index (χ2n) is 7.02. The van der Waals surface area contributed by atoms with Crippen molar-refractivity contribution in [3.05, 3.63) is 45.4 Å². The lowest BCUT2D eigenvalue weighted by atomic mass is 10.1. The molecule has 1 amide bonds. The van der Waals surface area contributed by atoms with Gasteiger partial charge in [-0.2, -0.15) is 0 Å². The fourth-order valence-electron chi connectivity index (χ4n) is 3.40. The Morgan fingerprint density at radius 1 is 1.15 bits per heavy atom. The van der Waals surface area contributed by atoms with Gasteiger partial charge in [-0.05, 0) is 38.5 Å². The summed E-state index contributed by atoms with van der Waals surface area (Å²) in [6, 6.07) is 3.75. The first-order chi connectivity index (χ1) is 12.9. The van der Waals surface area contributed by atoms with E-state index in [1.54, 1.807) is 0 Å². The van der Waals surface area contributed by atoms with Crippen LogP contribution in [0.5, 0.6) is 0 Å². The van der Waals surface area contributed by atoms with Crippen molar-refractivity contribution in [2.45, 2.75) is 27.3 Å². The van der Waals surface area contributed by atoms with Gasteiger partial charge in [0, 0.05) is 48.7 Å². The number of nitrogens with zero attached hydrogens (tertiary/aromatic N) is 4. The zero-order valence-electron chi connectivity index (χ0n) is 15.6. The fraction of sp³-hybridized carbons (Fsp3) is 0.421. The summed E-state index contributed by atoms with van der Waals surface area (Å²) in [5, 5.41) is 9.30. The largest absolute Gasteiger partial charge is 0.451 e. The Morgan fingerprint density at radius 2 is 1.89 bits per heavy atom. The maximum Gasteiger partial charge on any atom is 0.289 e. The lowest BCUT2D eigenvalue weighted by Crippen LogP contribution is -2.48. The molecule has 0 atom stereocenters. The number of aromatic nitrogens is 2. The fourth-order valence-corrected chi connectivity index (χ4v) is 3.57. The van der Waals surface area contributed by atoms with Gasteiger partial charge < -0.3 is 9.32 Å². The first-order valence-electron chi connectivity index (χ1n) is 8.93. The molecular formula is C19H21ClN4O3. The van der Waals surface area contributed by atoms with Crippen molar-refractivity contribution in [1.29, 1.82) is 0 Å². The van der Waals surface area contributed by atoms with Crippen molar-refractivity contribution < 1.29 is 13.8 Å². The highest BCUT2D eigenvalue weighted by Gasteiger charge is 2.27. The maximum atomic E-state index is 13.0. The molecule has 0 bridgehead atoms. The number of aryl methyl sites for hydroxylation is 3. The van der Waals surface area contributed by atoms with Gasteiger partial charge in [0.2, 0.25) is 0 Å². The van der Waals surface area contributed by atoms with Gasteiger partial charge in [0.25, 0.3) is 5.91 Å². The zero-order valence-corrected chi connectivity index (χ0v) is 16.3. The third-order valence-corrected chi connectivity index (χ3v) is 5.60. The predicted molar refractivity (Wildman–Crippen MR) is 101 cm³/mol. The number of benzene rings is 1. The van der Waals surface area contributed by atoms with E-state index in [-0.39, 0.29) is 5.91 Å². The minimum atomic E-state index is -0.0728. The van der Waals surface area contributed by atoms with Crippen molar-refractivity contribution in [3.63, 3.8) is 0 Å². The molecule has 1 aliphatic heterocycles. The van der Waals surface area contributed by atoms with E-state index in [1.807, 2.05) is 37.8 Å². The molecule has 3 heterocycles. The van der Waals surface area contributed by atoms with Gasteiger partial charge in [-0.3, -0.25) is 9.69 Å². The van der Waals surface area contributed by atoms with Gasteiger partial charge in [-0.1, -0.05) is 21.9 Å². The number of hydrogen-bond donors (Lipinski definition) is 0. The SMILES string of the molecule is Cc1cc2oc(C(=O)N3CCN(Cc4nonc4C)CC3)c(C)c2cc1Cl. The minimum absolute atomic E-state index is 0.0728. The number of furan rings is 1. The summed E-state index contributed by atoms with van der Waals surface area (Å²) in [6.45, 7) is 9.19. The molecule has 1 aromatic carbocycles. The van der Waals surface area contributed by atoms with E-state index in [0.29, 0.717) is 36.0 Å². The molecular weight excluding hydrogens is 368 g/mol. The molecule has 1 fully saturated rings. The molecule has 1 aliphatic rings. The number of hydrogen-bond acceptors (Lipinski definition) is 6. The Morgan fingerprint density at radius 3 is 2.56 bits per heavy atom. The van der Waals surface area contributed by atoms with Crippen molar-refractivity contribution in [3.8, 4) is 0 Å². The summed E-state index contributed by atoms with van der Waals surface area (Å²) in [6.07, 6.45) is 0. The van der Waals surface area contributed by atoms with Gasteiger partial charge in [0.1, 0.15) is 17.0 Å². The molecule has 7 nitrogen and oxygen atoms in total. The van der Waals surface area contributed by atoms with Crippen LogP contribution in [0.1, 0.15) is 33.1 Å². The van der Waals surface area contributed by atoms with Crippen LogP contribution >= 0.6 is 11.6 Å². The number of amides is 1. The summed E-state index contributed by atoms with van der Waals surface area (Å²) in [7, 11) is 0. The summed E-state index contributed by atoms with van der Waals surface area (Å²) >= 11 is 6.22. The summed E-state index contributed by atoms with van der Waals surface area (Å²) in [5.74, 6) is 0.327. The number of carbonyl (C=O) groups excluding carboxylic acids is 1. The second-order valence-corrected chi connectivity index (χ2v) is 7.43. The topological polar surface area (TPSA) is 75.6 Å². The predicted octanol–water partition coefficient (Wildman–Crippen LogP) is 3.35. The van der Waals surface area contributed by atoms with E-state index >= 15 is 0 Å². The standard InChI is InChI=1S/C19H21ClN4O3/c1-11-8-17-14(9-15(11)20)12(2)18(26-17)19(25)24-6-4-23(5-7-24)10-16-13(3)21-27-22-16/h8-9H,4-7,10H2,1-3H3. The highest BCUT2D eigenvalue weighted by atomic mass is 35.5. The van der Waals surface area contributed by atoms with Crippen LogP contribution in [-0.4, -0.2) is 52.2 Å². The van der Waals surface area contributed by atoms with Crippen LogP contribution in [0.4, 0.5) is 0 Å². The molecule has 0 N–H and O–H groups in total. The number of rotatable bonds is 3. The summed E-state index contributed by atoms with van der Waals surface area (Å²) < 4.78 is 10.6. The molecule has 142 valence electrons. The second kappa shape index (κ2) is 6.98. The number of halogens is 1. The normalized spacial score (nSPS) is 15.6. The third kappa shape index (κ3) is 3.33. The molecule has 0 radical (unpaired) electrons. The smallest absolute Gasteiger partial charge is 0.289 e. The van der Waals surface area contributed by atoms with Gasteiger partial charge >= 0.3 is 0 Å². The van der Waals surface area contributed by atoms with E-state index in [1.165, 1.54) is 0 Å². The molecule has 2 aromatic heterocycles. The van der Waals surface area contributed by atoms with Crippen LogP contribution in [0.25, 0.3) is 11.0 Å².